The van der Waals surface area contributed by atoms with Gasteiger partial charge >= 0.3 is 0 Å². The Balaban J connectivity index is 1.69. The minimum Gasteiger partial charge on any atom is -0.393 e. The number of hydrogen-bond donors (Lipinski definition) is 2. The van der Waals surface area contributed by atoms with Gasteiger partial charge in [-0.05, 0) is 68.5 Å². The van der Waals surface area contributed by atoms with Crippen molar-refractivity contribution in [3.05, 3.63) is 35.4 Å². The van der Waals surface area contributed by atoms with Gasteiger partial charge in [0.2, 0.25) is 0 Å². The molecule has 0 amide bonds. The Hall–Kier alpha value is -0.860. The molecule has 104 valence electrons. The molecule has 1 fully saturated rings. The van der Waals surface area contributed by atoms with Gasteiger partial charge in [-0.3, -0.25) is 0 Å². The molecular formula is C17H25NO. The highest BCUT2D eigenvalue weighted by molar-refractivity contribution is 5.30. The number of benzene rings is 1. The number of nitrogens with one attached hydrogen (secondary N) is 1. The van der Waals surface area contributed by atoms with Crippen molar-refractivity contribution in [3.63, 3.8) is 0 Å². The number of aliphatic hydroxyl groups excluding tert-OH is 1. The Labute approximate surface area is 116 Å². The van der Waals surface area contributed by atoms with Crippen molar-refractivity contribution in [2.45, 2.75) is 51.2 Å². The molecule has 2 heteroatoms. The second-order valence-electron chi connectivity index (χ2n) is 6.39. The molecule has 0 spiro atoms. The summed E-state index contributed by atoms with van der Waals surface area (Å²) >= 11 is 0. The van der Waals surface area contributed by atoms with E-state index in [1.807, 2.05) is 6.92 Å². The van der Waals surface area contributed by atoms with Crippen molar-refractivity contribution >= 4 is 0 Å². The van der Waals surface area contributed by atoms with Crippen molar-refractivity contribution in [2.24, 2.45) is 11.8 Å². The fraction of sp³-hybridized carbons (Fsp3) is 0.647. The maximum absolute atomic E-state index is 9.39. The Bertz CT molecular complexity index is 396. The second-order valence-corrected chi connectivity index (χ2v) is 6.39. The van der Waals surface area contributed by atoms with Crippen LogP contribution in [0.2, 0.25) is 0 Å². The lowest BCUT2D eigenvalue weighted by molar-refractivity contribution is 0.179. The average Bonchev–Trinajstić information content (AvgIpc) is 2.65. The van der Waals surface area contributed by atoms with Crippen LogP contribution in [0.1, 0.15) is 37.3 Å². The van der Waals surface area contributed by atoms with Crippen molar-refractivity contribution in [2.75, 3.05) is 6.54 Å². The van der Waals surface area contributed by atoms with E-state index in [1.165, 1.54) is 25.7 Å². The van der Waals surface area contributed by atoms with Crippen LogP contribution in [0.4, 0.5) is 0 Å². The van der Waals surface area contributed by atoms with E-state index in [-0.39, 0.29) is 6.10 Å². The Morgan fingerprint density at radius 2 is 1.74 bits per heavy atom. The lowest BCUT2D eigenvalue weighted by Crippen LogP contribution is -2.39. The number of fused-ring (bicyclic) bond motifs is 3. The van der Waals surface area contributed by atoms with Crippen molar-refractivity contribution < 1.29 is 5.11 Å². The molecule has 0 aromatic heterocycles. The first-order valence-electron chi connectivity index (χ1n) is 7.72. The van der Waals surface area contributed by atoms with E-state index in [4.69, 9.17) is 0 Å². The monoisotopic (exact) mass is 259 g/mol. The summed E-state index contributed by atoms with van der Waals surface area (Å²) in [4.78, 5) is 0. The molecule has 2 aliphatic carbocycles. The van der Waals surface area contributed by atoms with Crippen LogP contribution in [-0.4, -0.2) is 23.8 Å². The molecule has 3 atom stereocenters. The van der Waals surface area contributed by atoms with E-state index in [0.717, 1.165) is 24.8 Å². The van der Waals surface area contributed by atoms with Crippen LogP contribution in [-0.2, 0) is 12.8 Å². The third-order valence-corrected chi connectivity index (χ3v) is 4.95. The van der Waals surface area contributed by atoms with Gasteiger partial charge in [-0.15, -0.1) is 0 Å². The third-order valence-electron chi connectivity index (χ3n) is 4.95. The first-order valence-corrected chi connectivity index (χ1v) is 7.72. The van der Waals surface area contributed by atoms with Crippen LogP contribution in [0, 0.1) is 11.8 Å². The summed E-state index contributed by atoms with van der Waals surface area (Å²) in [5, 5.41) is 13.1. The Kier molecular flexibility index (Phi) is 3.90. The fourth-order valence-corrected chi connectivity index (χ4v) is 3.94. The van der Waals surface area contributed by atoms with Crippen molar-refractivity contribution in [1.82, 2.24) is 5.32 Å². The molecule has 3 unspecified atom stereocenters. The van der Waals surface area contributed by atoms with Crippen LogP contribution < -0.4 is 5.32 Å². The first kappa shape index (κ1) is 13.1. The molecule has 2 N–H and O–H groups in total. The average molecular weight is 259 g/mol. The Morgan fingerprint density at radius 1 is 1.16 bits per heavy atom. The summed E-state index contributed by atoms with van der Waals surface area (Å²) < 4.78 is 0. The fourth-order valence-electron chi connectivity index (χ4n) is 3.94. The van der Waals surface area contributed by atoms with E-state index >= 15 is 0 Å². The summed E-state index contributed by atoms with van der Waals surface area (Å²) in [5.74, 6) is 1.59. The maximum Gasteiger partial charge on any atom is 0.0524 e. The van der Waals surface area contributed by atoms with Gasteiger partial charge in [-0.2, -0.15) is 0 Å². The molecule has 19 heavy (non-hydrogen) atoms. The van der Waals surface area contributed by atoms with Gasteiger partial charge in [-0.25, -0.2) is 0 Å². The SMILES string of the molecule is CC(O)CCNC1C2CCC1Cc1ccccc1C2. The molecule has 0 saturated heterocycles. The predicted molar refractivity (Wildman–Crippen MR) is 78.2 cm³/mol. The normalized spacial score (nSPS) is 30.7. The van der Waals surface area contributed by atoms with Crippen LogP contribution in [0.15, 0.2) is 24.3 Å². The first-order chi connectivity index (χ1) is 9.24. The largest absolute Gasteiger partial charge is 0.393 e. The number of rotatable bonds is 4. The van der Waals surface area contributed by atoms with Gasteiger partial charge in [0.15, 0.2) is 0 Å². The highest BCUT2D eigenvalue weighted by Gasteiger charge is 2.38. The van der Waals surface area contributed by atoms with Gasteiger partial charge in [0, 0.05) is 6.04 Å². The molecule has 2 bridgehead atoms. The lowest BCUT2D eigenvalue weighted by atomic mass is 9.94. The number of hydrogen-bond acceptors (Lipinski definition) is 2. The zero-order valence-electron chi connectivity index (χ0n) is 11.8. The minimum atomic E-state index is -0.187. The lowest BCUT2D eigenvalue weighted by Gasteiger charge is -2.24. The van der Waals surface area contributed by atoms with Gasteiger partial charge in [0.1, 0.15) is 0 Å². The predicted octanol–water partition coefficient (Wildman–Crippen LogP) is 2.54. The summed E-state index contributed by atoms with van der Waals surface area (Å²) in [6.45, 7) is 2.82. The van der Waals surface area contributed by atoms with E-state index in [9.17, 15) is 5.11 Å². The zero-order valence-corrected chi connectivity index (χ0v) is 11.8. The van der Waals surface area contributed by atoms with Gasteiger partial charge < -0.3 is 10.4 Å². The highest BCUT2D eigenvalue weighted by atomic mass is 16.3. The summed E-state index contributed by atoms with van der Waals surface area (Å²) in [5.41, 5.74) is 3.13. The molecule has 0 heterocycles. The molecule has 0 radical (unpaired) electrons. The molecule has 1 saturated carbocycles. The topological polar surface area (TPSA) is 32.3 Å². The standard InChI is InChI=1S/C17H25NO/c1-12(19)8-9-18-17-15-6-7-16(17)11-14-5-3-2-4-13(14)10-15/h2-5,12,15-19H,6-11H2,1H3. The van der Waals surface area contributed by atoms with E-state index in [1.54, 1.807) is 11.1 Å². The zero-order chi connectivity index (χ0) is 13.2. The van der Waals surface area contributed by atoms with E-state index < -0.39 is 0 Å². The van der Waals surface area contributed by atoms with E-state index in [0.29, 0.717) is 6.04 Å². The molecule has 0 aliphatic heterocycles. The number of aliphatic hydroxyl groups is 1. The highest BCUT2D eigenvalue weighted by Crippen LogP contribution is 2.39. The molecule has 1 aromatic rings. The summed E-state index contributed by atoms with van der Waals surface area (Å²) in [7, 11) is 0. The molecule has 3 rings (SSSR count). The second kappa shape index (κ2) is 5.64. The van der Waals surface area contributed by atoms with Crippen molar-refractivity contribution in [3.8, 4) is 0 Å². The van der Waals surface area contributed by atoms with Crippen LogP contribution in [0.25, 0.3) is 0 Å². The van der Waals surface area contributed by atoms with Crippen LogP contribution >= 0.6 is 0 Å². The molecule has 1 aromatic carbocycles. The molecular weight excluding hydrogens is 234 g/mol. The quantitative estimate of drug-likeness (QED) is 0.871. The van der Waals surface area contributed by atoms with Crippen LogP contribution in [0.3, 0.4) is 0 Å². The Morgan fingerprint density at radius 3 is 2.26 bits per heavy atom. The van der Waals surface area contributed by atoms with Gasteiger partial charge in [0.05, 0.1) is 6.10 Å². The van der Waals surface area contributed by atoms with E-state index in [2.05, 4.69) is 29.6 Å². The molecule has 2 aliphatic rings. The minimum absolute atomic E-state index is 0.187. The smallest absolute Gasteiger partial charge is 0.0524 e. The molecule has 2 nitrogen and oxygen atoms in total. The summed E-state index contributed by atoms with van der Waals surface area (Å²) in [6.07, 6.45) is 5.88. The van der Waals surface area contributed by atoms with Crippen molar-refractivity contribution in [1.29, 1.82) is 0 Å². The van der Waals surface area contributed by atoms with Gasteiger partial charge in [-0.1, -0.05) is 24.3 Å². The maximum atomic E-state index is 9.39. The van der Waals surface area contributed by atoms with Crippen LogP contribution in [0.5, 0.6) is 0 Å². The third kappa shape index (κ3) is 2.85. The summed E-state index contributed by atoms with van der Waals surface area (Å²) in [6, 6.07) is 9.62. The van der Waals surface area contributed by atoms with Gasteiger partial charge in [0.25, 0.3) is 0 Å².